The first kappa shape index (κ1) is 17.1. The van der Waals surface area contributed by atoms with E-state index in [1.54, 1.807) is 0 Å². The van der Waals surface area contributed by atoms with Crippen molar-refractivity contribution in [3.63, 3.8) is 0 Å². The number of unbranched alkanes of at least 4 members (excludes halogenated alkanes) is 1. The topological polar surface area (TPSA) is 0 Å². The van der Waals surface area contributed by atoms with Crippen LogP contribution in [0.3, 0.4) is 0 Å². The molecule has 0 saturated heterocycles. The zero-order valence-electron chi connectivity index (χ0n) is 14.3. The second kappa shape index (κ2) is 8.43. The predicted molar refractivity (Wildman–Crippen MR) is 101 cm³/mol. The second-order valence-corrected chi connectivity index (χ2v) is 9.14. The van der Waals surface area contributed by atoms with Gasteiger partial charge in [-0.1, -0.05) is 76.4 Å². The molecular weight excluding hydrogens is 284 g/mol. The molecule has 0 heterocycles. The molecule has 0 saturated carbocycles. The third kappa shape index (κ3) is 4.16. The van der Waals surface area contributed by atoms with Gasteiger partial charge in [0.25, 0.3) is 0 Å². The monoisotopic (exact) mass is 314 g/mol. The third-order valence-corrected chi connectivity index (χ3v) is 7.58. The Labute approximate surface area is 139 Å². The lowest BCUT2D eigenvalue weighted by molar-refractivity contribution is 0.506. The Bertz CT molecular complexity index is 495. The molecular formula is C21H30S. The highest BCUT2D eigenvalue weighted by atomic mass is 32.2. The molecule has 0 N–H and O–H groups in total. The molecule has 1 unspecified atom stereocenters. The first-order chi connectivity index (χ1) is 10.7. The van der Waals surface area contributed by atoms with Crippen LogP contribution >= 0.6 is 10.9 Å². The van der Waals surface area contributed by atoms with E-state index >= 15 is 0 Å². The van der Waals surface area contributed by atoms with Crippen molar-refractivity contribution >= 4 is 10.9 Å². The number of benzene rings is 2. The van der Waals surface area contributed by atoms with Crippen LogP contribution in [0.4, 0.5) is 0 Å². The van der Waals surface area contributed by atoms with Crippen molar-refractivity contribution in [3.8, 4) is 0 Å². The van der Waals surface area contributed by atoms with Crippen molar-refractivity contribution < 1.29 is 0 Å². The fraction of sp³-hybridized carbons (Fsp3) is 0.429. The van der Waals surface area contributed by atoms with E-state index in [9.17, 15) is 0 Å². The maximum absolute atomic E-state index is 2.53. The molecule has 0 aliphatic rings. The highest BCUT2D eigenvalue weighted by Gasteiger charge is 2.32. The van der Waals surface area contributed by atoms with Crippen molar-refractivity contribution in [1.29, 1.82) is 0 Å². The van der Waals surface area contributed by atoms with E-state index in [1.807, 2.05) is 0 Å². The minimum absolute atomic E-state index is 0.314. The standard InChI is InChI=1S/C21H30S/c1-4-6-18-21(3,17-5-2)22(19-13-9-7-10-14-19)20-15-11-8-12-16-20/h7-16,22H,4-6,17-18H2,1-3H3. The summed E-state index contributed by atoms with van der Waals surface area (Å²) in [4.78, 5) is 3.05. The molecule has 2 aromatic carbocycles. The molecule has 120 valence electrons. The third-order valence-electron chi connectivity index (χ3n) is 4.43. The van der Waals surface area contributed by atoms with Crippen molar-refractivity contribution in [1.82, 2.24) is 0 Å². The SMILES string of the molecule is CCCCC(C)(CCC)[SH](c1ccccc1)c1ccccc1. The van der Waals surface area contributed by atoms with Crippen molar-refractivity contribution in [2.75, 3.05) is 0 Å². The average Bonchev–Trinajstić information content (AvgIpc) is 2.55. The van der Waals surface area contributed by atoms with Gasteiger partial charge in [0.05, 0.1) is 0 Å². The number of hydrogen-bond acceptors (Lipinski definition) is 0. The molecule has 0 aromatic heterocycles. The Morgan fingerprint density at radius 3 is 1.64 bits per heavy atom. The van der Waals surface area contributed by atoms with Gasteiger partial charge in [-0.2, -0.15) is 10.9 Å². The summed E-state index contributed by atoms with van der Waals surface area (Å²) in [6.07, 6.45) is 6.51. The molecule has 1 heteroatoms. The van der Waals surface area contributed by atoms with E-state index in [1.165, 1.54) is 41.9 Å². The van der Waals surface area contributed by atoms with E-state index in [-0.39, 0.29) is 10.9 Å². The highest BCUT2D eigenvalue weighted by Crippen LogP contribution is 2.58. The van der Waals surface area contributed by atoms with Gasteiger partial charge in [-0.25, -0.2) is 0 Å². The first-order valence-electron chi connectivity index (χ1n) is 8.61. The lowest BCUT2D eigenvalue weighted by atomic mass is 9.98. The number of hydrogen-bond donors (Lipinski definition) is 1. The predicted octanol–water partition coefficient (Wildman–Crippen LogP) is 6.85. The van der Waals surface area contributed by atoms with Gasteiger partial charge in [-0.15, -0.1) is 0 Å². The molecule has 0 radical (unpaired) electrons. The molecule has 0 aliphatic carbocycles. The molecule has 0 aliphatic heterocycles. The Morgan fingerprint density at radius 2 is 1.23 bits per heavy atom. The Kier molecular flexibility index (Phi) is 6.57. The van der Waals surface area contributed by atoms with E-state index in [2.05, 4.69) is 81.4 Å². The van der Waals surface area contributed by atoms with Gasteiger partial charge >= 0.3 is 0 Å². The maximum Gasteiger partial charge on any atom is 0.00259 e. The summed E-state index contributed by atoms with van der Waals surface area (Å²) in [6.45, 7) is 7.16. The van der Waals surface area contributed by atoms with Crippen LogP contribution in [0, 0.1) is 0 Å². The lowest BCUT2D eigenvalue weighted by Crippen LogP contribution is -2.25. The van der Waals surface area contributed by atoms with Crippen molar-refractivity contribution in [3.05, 3.63) is 60.7 Å². The minimum Gasteiger partial charge on any atom is -0.195 e. The fourth-order valence-electron chi connectivity index (χ4n) is 3.37. The van der Waals surface area contributed by atoms with Crippen LogP contribution in [0.1, 0.15) is 52.9 Å². The van der Waals surface area contributed by atoms with E-state index in [0.29, 0.717) is 4.75 Å². The van der Waals surface area contributed by atoms with Gasteiger partial charge in [-0.05, 0) is 46.9 Å². The summed E-state index contributed by atoms with van der Waals surface area (Å²) in [6, 6.07) is 22.4. The Balaban J connectivity index is 2.46. The van der Waals surface area contributed by atoms with Gasteiger partial charge in [0.1, 0.15) is 0 Å². The molecule has 2 rings (SSSR count). The molecule has 0 bridgehead atoms. The molecule has 2 aromatic rings. The largest absolute Gasteiger partial charge is 0.195 e. The molecule has 22 heavy (non-hydrogen) atoms. The molecule has 1 atom stereocenters. The summed E-state index contributed by atoms with van der Waals surface area (Å²) < 4.78 is 0.392. The first-order valence-corrected chi connectivity index (χ1v) is 9.96. The van der Waals surface area contributed by atoms with Gasteiger partial charge in [0.2, 0.25) is 0 Å². The summed E-state index contributed by atoms with van der Waals surface area (Å²) in [5.41, 5.74) is 0. The molecule has 0 amide bonds. The van der Waals surface area contributed by atoms with E-state index < -0.39 is 0 Å². The highest BCUT2D eigenvalue weighted by molar-refractivity contribution is 8.18. The van der Waals surface area contributed by atoms with Crippen LogP contribution in [0.25, 0.3) is 0 Å². The van der Waals surface area contributed by atoms with Crippen LogP contribution < -0.4 is 0 Å². The quantitative estimate of drug-likeness (QED) is 0.506. The van der Waals surface area contributed by atoms with Crippen LogP contribution in [0.2, 0.25) is 0 Å². The van der Waals surface area contributed by atoms with Crippen LogP contribution in [0.5, 0.6) is 0 Å². The number of rotatable bonds is 8. The second-order valence-electron chi connectivity index (χ2n) is 6.36. The zero-order chi connectivity index (χ0) is 15.8. The van der Waals surface area contributed by atoms with Gasteiger partial charge in [0.15, 0.2) is 0 Å². The number of thiol groups is 1. The van der Waals surface area contributed by atoms with Gasteiger partial charge in [0, 0.05) is 4.75 Å². The van der Waals surface area contributed by atoms with Gasteiger partial charge in [-0.3, -0.25) is 0 Å². The normalized spacial score (nSPS) is 14.4. The van der Waals surface area contributed by atoms with Crippen molar-refractivity contribution in [2.24, 2.45) is 0 Å². The summed E-state index contributed by atoms with van der Waals surface area (Å²) in [5.74, 6) is 0. The Hall–Kier alpha value is -1.21. The zero-order valence-corrected chi connectivity index (χ0v) is 15.2. The van der Waals surface area contributed by atoms with Gasteiger partial charge < -0.3 is 0 Å². The van der Waals surface area contributed by atoms with E-state index in [0.717, 1.165) is 0 Å². The maximum atomic E-state index is 2.53. The van der Waals surface area contributed by atoms with Crippen molar-refractivity contribution in [2.45, 2.75) is 67.4 Å². The van der Waals surface area contributed by atoms with Crippen LogP contribution in [-0.4, -0.2) is 4.75 Å². The molecule has 0 fully saturated rings. The smallest absolute Gasteiger partial charge is 0.00259 e. The summed E-state index contributed by atoms with van der Waals surface area (Å²) >= 11 is 0. The minimum atomic E-state index is -0.314. The van der Waals surface area contributed by atoms with E-state index in [4.69, 9.17) is 0 Å². The fourth-order valence-corrected chi connectivity index (χ4v) is 6.69. The molecule has 0 nitrogen and oxygen atoms in total. The summed E-state index contributed by atoms with van der Waals surface area (Å²) in [5, 5.41) is 0. The van der Waals surface area contributed by atoms with Crippen LogP contribution in [-0.2, 0) is 0 Å². The lowest BCUT2D eigenvalue weighted by Gasteiger charge is -2.42. The summed E-state index contributed by atoms with van der Waals surface area (Å²) in [7, 11) is -0.314. The Morgan fingerprint density at radius 1 is 0.727 bits per heavy atom. The molecule has 0 spiro atoms. The van der Waals surface area contributed by atoms with Crippen LogP contribution in [0.15, 0.2) is 70.5 Å². The average molecular weight is 315 g/mol.